The maximum atomic E-state index is 11.3. The van der Waals surface area contributed by atoms with Gasteiger partial charge in [0.15, 0.2) is 11.4 Å². The topological polar surface area (TPSA) is 75.7 Å². The standard InChI is InChI=1S/C11H9N3O2S/c1-7-5-9(16)14-11(13-7)17-10-8(6-15)3-2-4-12-10/h2-6H,1H3,(H,13,14,16). The van der Waals surface area contributed by atoms with Crippen LogP contribution in [0.4, 0.5) is 0 Å². The van der Waals surface area contributed by atoms with Crippen molar-refractivity contribution in [3.8, 4) is 0 Å². The van der Waals surface area contributed by atoms with Crippen LogP contribution in [0.1, 0.15) is 16.1 Å². The van der Waals surface area contributed by atoms with E-state index in [2.05, 4.69) is 15.0 Å². The number of aryl methyl sites for hydroxylation is 1. The number of H-pyrrole nitrogens is 1. The third-order valence-corrected chi connectivity index (χ3v) is 2.89. The fourth-order valence-electron chi connectivity index (χ4n) is 1.27. The van der Waals surface area contributed by atoms with E-state index in [1.807, 2.05) is 0 Å². The Hall–Kier alpha value is -1.95. The number of aromatic nitrogens is 3. The van der Waals surface area contributed by atoms with Crippen molar-refractivity contribution < 1.29 is 4.79 Å². The number of carbonyl (C=O) groups is 1. The van der Waals surface area contributed by atoms with E-state index in [9.17, 15) is 9.59 Å². The smallest absolute Gasteiger partial charge is 0.251 e. The predicted octanol–water partition coefficient (Wildman–Crippen LogP) is 1.44. The molecular weight excluding hydrogens is 238 g/mol. The summed E-state index contributed by atoms with van der Waals surface area (Å²) < 4.78 is 0. The van der Waals surface area contributed by atoms with E-state index in [1.54, 1.807) is 25.3 Å². The fourth-order valence-corrected chi connectivity index (χ4v) is 2.14. The lowest BCUT2D eigenvalue weighted by Gasteiger charge is -2.02. The second-order valence-corrected chi connectivity index (χ2v) is 4.29. The van der Waals surface area contributed by atoms with Crippen LogP contribution in [0.15, 0.2) is 39.4 Å². The van der Waals surface area contributed by atoms with Gasteiger partial charge in [0.25, 0.3) is 5.56 Å². The molecule has 6 heteroatoms. The average Bonchev–Trinajstić information content (AvgIpc) is 2.28. The van der Waals surface area contributed by atoms with Crippen molar-refractivity contribution in [2.45, 2.75) is 17.1 Å². The first-order chi connectivity index (χ1) is 8.19. The zero-order valence-electron chi connectivity index (χ0n) is 9.01. The number of carbonyl (C=O) groups excluding carboxylic acids is 1. The Bertz CT molecular complexity index is 610. The Labute approximate surface area is 101 Å². The highest BCUT2D eigenvalue weighted by Gasteiger charge is 2.07. The summed E-state index contributed by atoms with van der Waals surface area (Å²) in [6.45, 7) is 1.73. The highest BCUT2D eigenvalue weighted by Crippen LogP contribution is 2.23. The maximum Gasteiger partial charge on any atom is 0.251 e. The molecule has 0 aliphatic rings. The van der Waals surface area contributed by atoms with E-state index in [1.165, 1.54) is 6.07 Å². The van der Waals surface area contributed by atoms with E-state index in [0.717, 1.165) is 18.0 Å². The minimum absolute atomic E-state index is 0.219. The summed E-state index contributed by atoms with van der Waals surface area (Å²) in [7, 11) is 0. The summed E-state index contributed by atoms with van der Waals surface area (Å²) in [6, 6.07) is 4.75. The number of hydrogen-bond donors (Lipinski definition) is 1. The molecule has 0 amide bonds. The molecule has 0 saturated heterocycles. The summed E-state index contributed by atoms with van der Waals surface area (Å²) in [4.78, 5) is 32.9. The van der Waals surface area contributed by atoms with Crippen molar-refractivity contribution in [1.29, 1.82) is 0 Å². The number of pyridine rings is 1. The quantitative estimate of drug-likeness (QED) is 0.656. The van der Waals surface area contributed by atoms with Crippen molar-refractivity contribution in [2.75, 3.05) is 0 Å². The lowest BCUT2D eigenvalue weighted by atomic mass is 10.3. The third-order valence-electron chi connectivity index (χ3n) is 1.97. The largest absolute Gasteiger partial charge is 0.301 e. The Morgan fingerprint density at radius 1 is 1.47 bits per heavy atom. The Kier molecular flexibility index (Phi) is 3.34. The Morgan fingerprint density at radius 3 is 3.00 bits per heavy atom. The second-order valence-electron chi connectivity index (χ2n) is 3.31. The van der Waals surface area contributed by atoms with Crippen molar-refractivity contribution in [2.24, 2.45) is 0 Å². The first kappa shape index (κ1) is 11.5. The molecule has 0 unspecified atom stereocenters. The molecule has 17 heavy (non-hydrogen) atoms. The van der Waals surface area contributed by atoms with Gasteiger partial charge in [0.1, 0.15) is 5.03 Å². The number of aldehydes is 1. The fraction of sp³-hybridized carbons (Fsp3) is 0.0909. The van der Waals surface area contributed by atoms with Crippen molar-refractivity contribution >= 4 is 18.0 Å². The summed E-state index contributed by atoms with van der Waals surface area (Å²) >= 11 is 1.16. The molecule has 2 aromatic rings. The molecule has 0 fully saturated rings. The lowest BCUT2D eigenvalue weighted by molar-refractivity contribution is 0.112. The molecular formula is C11H9N3O2S. The average molecular weight is 247 g/mol. The van der Waals surface area contributed by atoms with E-state index in [4.69, 9.17) is 0 Å². The minimum atomic E-state index is -0.219. The van der Waals surface area contributed by atoms with Crippen molar-refractivity contribution in [3.63, 3.8) is 0 Å². The van der Waals surface area contributed by atoms with Gasteiger partial charge in [-0.05, 0) is 30.8 Å². The number of aromatic amines is 1. The van der Waals surface area contributed by atoms with Crippen LogP contribution < -0.4 is 5.56 Å². The lowest BCUT2D eigenvalue weighted by Crippen LogP contribution is -2.08. The first-order valence-electron chi connectivity index (χ1n) is 4.85. The summed E-state index contributed by atoms with van der Waals surface area (Å²) in [6.07, 6.45) is 2.31. The number of nitrogens with one attached hydrogen (secondary N) is 1. The van der Waals surface area contributed by atoms with Gasteiger partial charge in [-0.1, -0.05) is 0 Å². The van der Waals surface area contributed by atoms with Gasteiger partial charge in [0, 0.05) is 23.5 Å². The van der Waals surface area contributed by atoms with Crippen LogP contribution in [-0.4, -0.2) is 21.2 Å². The molecule has 0 bridgehead atoms. The molecule has 0 aliphatic carbocycles. The molecule has 0 spiro atoms. The van der Waals surface area contributed by atoms with Gasteiger partial charge in [-0.2, -0.15) is 0 Å². The van der Waals surface area contributed by atoms with Gasteiger partial charge in [-0.3, -0.25) is 9.59 Å². The zero-order valence-corrected chi connectivity index (χ0v) is 9.82. The molecule has 0 aliphatic heterocycles. The van der Waals surface area contributed by atoms with Gasteiger partial charge < -0.3 is 4.98 Å². The Balaban J connectivity index is 2.37. The molecule has 0 radical (unpaired) electrons. The number of nitrogens with zero attached hydrogens (tertiary/aromatic N) is 2. The highest BCUT2D eigenvalue weighted by atomic mass is 32.2. The van der Waals surface area contributed by atoms with Crippen LogP contribution in [0.5, 0.6) is 0 Å². The monoisotopic (exact) mass is 247 g/mol. The van der Waals surface area contributed by atoms with E-state index >= 15 is 0 Å². The normalized spacial score (nSPS) is 10.2. The van der Waals surface area contributed by atoms with Crippen LogP contribution in [0.2, 0.25) is 0 Å². The van der Waals surface area contributed by atoms with Gasteiger partial charge in [0.05, 0.1) is 0 Å². The van der Waals surface area contributed by atoms with Crippen LogP contribution in [0.25, 0.3) is 0 Å². The number of rotatable bonds is 3. The Morgan fingerprint density at radius 2 is 2.29 bits per heavy atom. The summed E-state index contributed by atoms with van der Waals surface area (Å²) in [5.41, 5.74) is 0.880. The highest BCUT2D eigenvalue weighted by molar-refractivity contribution is 7.99. The maximum absolute atomic E-state index is 11.3. The first-order valence-corrected chi connectivity index (χ1v) is 5.66. The summed E-state index contributed by atoms with van der Waals surface area (Å²) in [5, 5.41) is 0.952. The molecule has 1 N–H and O–H groups in total. The SMILES string of the molecule is Cc1cc(=O)[nH]c(Sc2ncccc2C=O)n1. The molecule has 0 atom stereocenters. The van der Waals surface area contributed by atoms with E-state index in [0.29, 0.717) is 21.4 Å². The molecule has 5 nitrogen and oxygen atoms in total. The van der Waals surface area contributed by atoms with Crippen molar-refractivity contribution in [3.05, 3.63) is 46.0 Å². The van der Waals surface area contributed by atoms with Crippen molar-refractivity contribution in [1.82, 2.24) is 15.0 Å². The van der Waals surface area contributed by atoms with Crippen LogP contribution in [0.3, 0.4) is 0 Å². The molecule has 0 saturated carbocycles. The second kappa shape index (κ2) is 4.92. The molecule has 2 heterocycles. The van der Waals surface area contributed by atoms with Gasteiger partial charge in [-0.25, -0.2) is 9.97 Å². The van der Waals surface area contributed by atoms with Gasteiger partial charge in [0.2, 0.25) is 0 Å². The predicted molar refractivity (Wildman–Crippen MR) is 63.3 cm³/mol. The van der Waals surface area contributed by atoms with Crippen LogP contribution in [-0.2, 0) is 0 Å². The summed E-state index contributed by atoms with van der Waals surface area (Å²) in [5.74, 6) is 0. The third kappa shape index (κ3) is 2.79. The van der Waals surface area contributed by atoms with E-state index in [-0.39, 0.29) is 5.56 Å². The minimum Gasteiger partial charge on any atom is -0.301 e. The zero-order chi connectivity index (χ0) is 12.3. The number of hydrogen-bond acceptors (Lipinski definition) is 5. The molecule has 2 rings (SSSR count). The molecule has 0 aromatic carbocycles. The van der Waals surface area contributed by atoms with Gasteiger partial charge in [-0.15, -0.1) is 0 Å². The van der Waals surface area contributed by atoms with Crippen LogP contribution >= 0.6 is 11.8 Å². The molecule has 86 valence electrons. The van der Waals surface area contributed by atoms with Gasteiger partial charge >= 0.3 is 0 Å². The van der Waals surface area contributed by atoms with Crippen LogP contribution in [0, 0.1) is 6.92 Å². The molecule has 2 aromatic heterocycles. The van der Waals surface area contributed by atoms with E-state index < -0.39 is 0 Å².